The third-order valence-electron chi connectivity index (χ3n) is 1.88. The van der Waals surface area contributed by atoms with Crippen LogP contribution in [0.15, 0.2) is 12.1 Å². The Morgan fingerprint density at radius 1 is 0.941 bits per heavy atom. The lowest BCUT2D eigenvalue weighted by molar-refractivity contribution is -0.143. The van der Waals surface area contributed by atoms with Gasteiger partial charge in [0.25, 0.3) is 0 Å². The lowest BCUT2D eigenvalue weighted by atomic mass is 10.00. The van der Waals surface area contributed by atoms with Crippen molar-refractivity contribution in [1.29, 1.82) is 5.26 Å². The SMILES string of the molecule is N#Cc1c(C(F)(F)F)cc(N)cc1C(F)(F)F. The van der Waals surface area contributed by atoms with Gasteiger partial charge in [-0.3, -0.25) is 0 Å². The molecule has 8 heteroatoms. The maximum Gasteiger partial charge on any atom is 0.417 e. The molecule has 0 aliphatic heterocycles. The lowest BCUT2D eigenvalue weighted by Gasteiger charge is -2.15. The van der Waals surface area contributed by atoms with Crippen molar-refractivity contribution in [3.05, 3.63) is 28.8 Å². The zero-order valence-corrected chi connectivity index (χ0v) is 7.95. The van der Waals surface area contributed by atoms with E-state index in [4.69, 9.17) is 11.0 Å². The summed E-state index contributed by atoms with van der Waals surface area (Å²) in [5.74, 6) is 0. The van der Waals surface area contributed by atoms with Crippen LogP contribution in [0.5, 0.6) is 0 Å². The number of hydrogen-bond donors (Lipinski definition) is 1. The maximum atomic E-state index is 12.4. The minimum Gasteiger partial charge on any atom is -0.399 e. The van der Waals surface area contributed by atoms with Crippen molar-refractivity contribution in [3.8, 4) is 6.07 Å². The highest BCUT2D eigenvalue weighted by atomic mass is 19.4. The Balaban J connectivity index is 3.66. The van der Waals surface area contributed by atoms with Gasteiger partial charge in [0.2, 0.25) is 0 Å². The third-order valence-corrected chi connectivity index (χ3v) is 1.88. The van der Waals surface area contributed by atoms with Gasteiger partial charge in [0.15, 0.2) is 0 Å². The summed E-state index contributed by atoms with van der Waals surface area (Å²) in [6, 6.07) is 1.51. The van der Waals surface area contributed by atoms with Crippen LogP contribution in [-0.4, -0.2) is 0 Å². The molecule has 1 aromatic rings. The number of nitrogen functional groups attached to an aromatic ring is 1. The Labute approximate surface area is 91.3 Å². The largest absolute Gasteiger partial charge is 0.417 e. The second kappa shape index (κ2) is 3.84. The molecule has 1 aromatic carbocycles. The molecule has 0 unspecified atom stereocenters. The minimum absolute atomic E-state index is 0.299. The molecule has 0 amide bonds. The number of hydrogen-bond acceptors (Lipinski definition) is 2. The molecule has 0 aromatic heterocycles. The fourth-order valence-corrected chi connectivity index (χ4v) is 1.23. The van der Waals surface area contributed by atoms with Crippen LogP contribution in [0.1, 0.15) is 16.7 Å². The van der Waals surface area contributed by atoms with Gasteiger partial charge in [-0.2, -0.15) is 31.6 Å². The first-order chi connectivity index (χ1) is 7.57. The van der Waals surface area contributed by atoms with Gasteiger partial charge < -0.3 is 5.73 Å². The molecular weight excluding hydrogens is 250 g/mol. The van der Waals surface area contributed by atoms with Crippen LogP contribution in [0.2, 0.25) is 0 Å². The summed E-state index contributed by atoms with van der Waals surface area (Å²) in [5.41, 5.74) is -0.586. The molecule has 2 nitrogen and oxygen atoms in total. The summed E-state index contributed by atoms with van der Waals surface area (Å²) in [7, 11) is 0. The molecule has 0 aliphatic rings. The zero-order valence-electron chi connectivity index (χ0n) is 7.95. The average Bonchev–Trinajstić information content (AvgIpc) is 2.13. The van der Waals surface area contributed by atoms with Crippen LogP contribution >= 0.6 is 0 Å². The van der Waals surface area contributed by atoms with Gasteiger partial charge in [0.1, 0.15) is 6.07 Å². The Bertz CT molecular complexity index is 445. The van der Waals surface area contributed by atoms with E-state index in [0.29, 0.717) is 12.1 Å². The molecule has 0 atom stereocenters. The van der Waals surface area contributed by atoms with E-state index in [-0.39, 0.29) is 0 Å². The highest BCUT2D eigenvalue weighted by Crippen LogP contribution is 2.40. The normalized spacial score (nSPS) is 12.3. The second-order valence-electron chi connectivity index (χ2n) is 3.10. The van der Waals surface area contributed by atoms with Crippen molar-refractivity contribution < 1.29 is 26.3 Å². The monoisotopic (exact) mass is 254 g/mol. The molecule has 2 N–H and O–H groups in total. The number of nitrogens with two attached hydrogens (primary N) is 1. The van der Waals surface area contributed by atoms with Crippen molar-refractivity contribution in [2.45, 2.75) is 12.4 Å². The van der Waals surface area contributed by atoms with Crippen molar-refractivity contribution in [2.75, 3.05) is 5.73 Å². The van der Waals surface area contributed by atoms with Crippen LogP contribution in [0.25, 0.3) is 0 Å². The molecule has 0 saturated heterocycles. The van der Waals surface area contributed by atoms with Crippen LogP contribution in [0.3, 0.4) is 0 Å². The molecule has 92 valence electrons. The predicted molar refractivity (Wildman–Crippen MR) is 45.6 cm³/mol. The smallest absolute Gasteiger partial charge is 0.399 e. The van der Waals surface area contributed by atoms with Gasteiger partial charge in [-0.15, -0.1) is 0 Å². The van der Waals surface area contributed by atoms with E-state index < -0.39 is 34.7 Å². The summed E-state index contributed by atoms with van der Waals surface area (Å²) in [6.45, 7) is 0. The lowest BCUT2D eigenvalue weighted by Crippen LogP contribution is -2.15. The van der Waals surface area contributed by atoms with Gasteiger partial charge in [-0.1, -0.05) is 0 Å². The van der Waals surface area contributed by atoms with Crippen LogP contribution < -0.4 is 5.73 Å². The number of anilines is 1. The molecule has 0 radical (unpaired) electrons. The molecule has 1 rings (SSSR count). The van der Waals surface area contributed by atoms with Crippen LogP contribution in [0, 0.1) is 11.3 Å². The standard InChI is InChI=1S/C9H4F6N2/c10-8(11,12)6-1-4(17)2-7(5(6)3-16)9(13,14)15/h1-2H,17H2. The van der Waals surface area contributed by atoms with Gasteiger partial charge in [-0.05, 0) is 12.1 Å². The topological polar surface area (TPSA) is 49.8 Å². The molecule has 0 bridgehead atoms. The van der Waals surface area contributed by atoms with Crippen molar-refractivity contribution in [3.63, 3.8) is 0 Å². The molecule has 0 fully saturated rings. The molecule has 0 spiro atoms. The number of nitrogens with zero attached hydrogens (tertiary/aromatic N) is 1. The molecule has 0 heterocycles. The fraction of sp³-hybridized carbons (Fsp3) is 0.222. The summed E-state index contributed by atoms with van der Waals surface area (Å²) in [6.07, 6.45) is -10.1. The van der Waals surface area contributed by atoms with E-state index in [1.165, 1.54) is 0 Å². The quantitative estimate of drug-likeness (QED) is 0.571. The van der Waals surface area contributed by atoms with Crippen molar-refractivity contribution in [1.82, 2.24) is 0 Å². The van der Waals surface area contributed by atoms with Gasteiger partial charge in [0, 0.05) is 5.69 Å². The van der Waals surface area contributed by atoms with E-state index in [2.05, 4.69) is 0 Å². The number of halogens is 6. The number of benzene rings is 1. The number of rotatable bonds is 0. The Hall–Kier alpha value is -1.91. The maximum absolute atomic E-state index is 12.4. The molecule has 0 aliphatic carbocycles. The second-order valence-corrected chi connectivity index (χ2v) is 3.10. The van der Waals surface area contributed by atoms with E-state index in [9.17, 15) is 26.3 Å². The average molecular weight is 254 g/mol. The third kappa shape index (κ3) is 2.61. The summed E-state index contributed by atoms with van der Waals surface area (Å²) in [5, 5.41) is 8.43. The van der Waals surface area contributed by atoms with Gasteiger partial charge in [0.05, 0.1) is 16.7 Å². The first-order valence-electron chi connectivity index (χ1n) is 4.05. The fourth-order valence-electron chi connectivity index (χ4n) is 1.23. The molecule has 17 heavy (non-hydrogen) atoms. The number of nitriles is 1. The predicted octanol–water partition coefficient (Wildman–Crippen LogP) is 3.18. The highest BCUT2D eigenvalue weighted by Gasteiger charge is 2.41. The zero-order chi connectivity index (χ0) is 13.4. The summed E-state index contributed by atoms with van der Waals surface area (Å²) in [4.78, 5) is 0. The Morgan fingerprint density at radius 3 is 1.53 bits per heavy atom. The van der Waals surface area contributed by atoms with E-state index in [1.807, 2.05) is 0 Å². The van der Waals surface area contributed by atoms with Crippen molar-refractivity contribution >= 4 is 5.69 Å². The Kier molecular flexibility index (Phi) is 2.97. The van der Waals surface area contributed by atoms with E-state index in [0.717, 1.165) is 6.07 Å². The van der Waals surface area contributed by atoms with Gasteiger partial charge >= 0.3 is 12.4 Å². The first kappa shape index (κ1) is 13.2. The van der Waals surface area contributed by atoms with Crippen LogP contribution in [0.4, 0.5) is 32.0 Å². The first-order valence-corrected chi connectivity index (χ1v) is 4.05. The van der Waals surface area contributed by atoms with Crippen molar-refractivity contribution in [2.24, 2.45) is 0 Å². The number of alkyl halides is 6. The van der Waals surface area contributed by atoms with E-state index in [1.54, 1.807) is 0 Å². The summed E-state index contributed by atoms with van der Waals surface area (Å²) >= 11 is 0. The van der Waals surface area contributed by atoms with E-state index >= 15 is 0 Å². The molecule has 0 saturated carbocycles. The highest BCUT2D eigenvalue weighted by molar-refractivity contribution is 5.56. The van der Waals surface area contributed by atoms with Gasteiger partial charge in [-0.25, -0.2) is 0 Å². The van der Waals surface area contributed by atoms with Crippen LogP contribution in [-0.2, 0) is 12.4 Å². The minimum atomic E-state index is -5.07. The molecular formula is C9H4F6N2. The summed E-state index contributed by atoms with van der Waals surface area (Å²) < 4.78 is 74.5. The Morgan fingerprint density at radius 2 is 1.29 bits per heavy atom.